The van der Waals surface area contributed by atoms with Crippen LogP contribution in [0.25, 0.3) is 0 Å². The molecule has 3 N–H and O–H groups in total. The number of hydrogen-bond donors (Lipinski definition) is 3. The number of rotatable bonds is 6. The van der Waals surface area contributed by atoms with Gasteiger partial charge in [0, 0.05) is 7.05 Å². The third-order valence-electron chi connectivity index (χ3n) is 2.85. The molecule has 0 saturated heterocycles. The fraction of sp³-hybridized carbons (Fsp3) is 0.250. The van der Waals surface area contributed by atoms with Crippen molar-refractivity contribution in [3.63, 3.8) is 0 Å². The Labute approximate surface area is 152 Å². The Morgan fingerprint density at radius 3 is 2.30 bits per heavy atom. The summed E-state index contributed by atoms with van der Waals surface area (Å²) in [5.41, 5.74) is 0. The first-order valence-electron chi connectivity index (χ1n) is 6.90. The highest BCUT2D eigenvalue weighted by Gasteiger charge is 2.28. The second kappa shape index (κ2) is 7.73. The zero-order valence-corrected chi connectivity index (χ0v) is 15.0. The number of urea groups is 1. The van der Waals surface area contributed by atoms with Crippen molar-refractivity contribution in [3.8, 4) is 17.5 Å². The van der Waals surface area contributed by atoms with Gasteiger partial charge >= 0.3 is 12.2 Å². The minimum Gasteiger partial charge on any atom is -0.481 e. The van der Waals surface area contributed by atoms with Gasteiger partial charge in [0.15, 0.2) is 5.75 Å². The lowest BCUT2D eigenvalue weighted by atomic mass is 10.6. The van der Waals surface area contributed by atoms with Gasteiger partial charge in [0.2, 0.25) is 22.7 Å². The molecule has 0 atom stereocenters. The summed E-state index contributed by atoms with van der Waals surface area (Å²) < 4.78 is 41.4. The van der Waals surface area contributed by atoms with Gasteiger partial charge in [0.25, 0.3) is 10.0 Å². The zero-order valence-electron chi connectivity index (χ0n) is 14.2. The molecular formula is C12H14N6O8S. The lowest BCUT2D eigenvalue weighted by molar-refractivity contribution is 0.143. The molecule has 2 heterocycles. The Kier molecular flexibility index (Phi) is 5.64. The van der Waals surface area contributed by atoms with Crippen LogP contribution >= 0.6 is 0 Å². The van der Waals surface area contributed by atoms with Gasteiger partial charge in [-0.3, -0.25) is 10.00 Å². The number of carboxylic acid groups (broad SMARTS) is 1. The van der Waals surface area contributed by atoms with Crippen LogP contribution in [0, 0.1) is 0 Å². The second-order valence-electron chi connectivity index (χ2n) is 4.64. The molecule has 14 nitrogen and oxygen atoms in total. The fourth-order valence-electron chi connectivity index (χ4n) is 1.84. The number of carbonyl (C=O) groups excluding carboxylic acids is 1. The quantitative estimate of drug-likeness (QED) is 0.543. The Hall–Kier alpha value is -3.62. The molecule has 146 valence electrons. The maximum absolute atomic E-state index is 12.4. The van der Waals surface area contributed by atoms with Crippen molar-refractivity contribution < 1.29 is 37.3 Å². The van der Waals surface area contributed by atoms with E-state index in [-0.39, 0.29) is 17.7 Å². The Balaban J connectivity index is 2.23. The summed E-state index contributed by atoms with van der Waals surface area (Å²) in [7, 11) is -0.679. The summed E-state index contributed by atoms with van der Waals surface area (Å²) in [6.45, 7) is 0. The number of carbonyl (C=O) groups is 2. The average molecular weight is 402 g/mol. The molecule has 15 heteroatoms. The minimum atomic E-state index is -4.54. The van der Waals surface area contributed by atoms with Gasteiger partial charge in [0.1, 0.15) is 0 Å². The van der Waals surface area contributed by atoms with E-state index in [1.807, 2.05) is 0 Å². The lowest BCUT2D eigenvalue weighted by Crippen LogP contribution is -2.36. The summed E-state index contributed by atoms with van der Waals surface area (Å²) in [6.07, 6.45) is -0.878. The van der Waals surface area contributed by atoms with E-state index in [4.69, 9.17) is 14.6 Å². The summed E-state index contributed by atoms with van der Waals surface area (Å²) in [5, 5.41) is 13.7. The molecule has 0 saturated carbocycles. The molecule has 2 rings (SSSR count). The van der Waals surface area contributed by atoms with Crippen LogP contribution in [0.5, 0.6) is 17.5 Å². The number of methoxy groups -OCH3 is 2. The number of anilines is 1. The van der Waals surface area contributed by atoms with E-state index < -0.39 is 33.0 Å². The number of nitrogens with zero attached hydrogens (tertiary/aromatic N) is 4. The monoisotopic (exact) mass is 402 g/mol. The molecule has 2 aromatic heterocycles. The Morgan fingerprint density at radius 2 is 1.78 bits per heavy atom. The topological polar surface area (TPSA) is 184 Å². The minimum absolute atomic E-state index is 0.0591. The molecule has 0 unspecified atom stereocenters. The Morgan fingerprint density at radius 1 is 1.19 bits per heavy atom. The lowest BCUT2D eigenvalue weighted by Gasteiger charge is -2.10. The summed E-state index contributed by atoms with van der Waals surface area (Å²) >= 11 is 0. The zero-order chi connectivity index (χ0) is 20.2. The molecular weight excluding hydrogens is 388 g/mol. The number of sulfonamides is 1. The molecule has 0 aromatic carbocycles. The van der Waals surface area contributed by atoms with E-state index in [0.717, 1.165) is 10.9 Å². The van der Waals surface area contributed by atoms with E-state index >= 15 is 0 Å². The van der Waals surface area contributed by atoms with Crippen LogP contribution in [-0.4, -0.2) is 59.7 Å². The third-order valence-corrected chi connectivity index (χ3v) is 4.28. The molecule has 0 spiro atoms. The molecule has 0 bridgehead atoms. The highest BCUT2D eigenvalue weighted by atomic mass is 32.2. The average Bonchev–Trinajstić information content (AvgIpc) is 2.94. The van der Waals surface area contributed by atoms with Crippen LogP contribution in [-0.2, 0) is 17.1 Å². The first-order valence-corrected chi connectivity index (χ1v) is 8.38. The van der Waals surface area contributed by atoms with E-state index in [0.29, 0.717) is 0 Å². The van der Waals surface area contributed by atoms with Crippen molar-refractivity contribution in [1.29, 1.82) is 0 Å². The molecule has 0 aliphatic carbocycles. The number of aryl methyl sites for hydroxylation is 1. The summed E-state index contributed by atoms with van der Waals surface area (Å²) in [5.74, 6) is -0.761. The van der Waals surface area contributed by atoms with Crippen molar-refractivity contribution in [2.75, 3.05) is 19.5 Å². The number of nitrogens with one attached hydrogen (secondary N) is 2. The molecule has 2 aromatic rings. The van der Waals surface area contributed by atoms with E-state index in [1.165, 1.54) is 27.3 Å². The number of amides is 2. The van der Waals surface area contributed by atoms with Crippen LogP contribution in [0.15, 0.2) is 17.3 Å². The molecule has 0 radical (unpaired) electrons. The molecule has 2 amide bonds. The van der Waals surface area contributed by atoms with Crippen molar-refractivity contribution >= 4 is 28.2 Å². The fourth-order valence-corrected chi connectivity index (χ4v) is 2.99. The van der Waals surface area contributed by atoms with E-state index in [2.05, 4.69) is 25.1 Å². The normalized spacial score (nSPS) is 10.8. The predicted molar refractivity (Wildman–Crippen MR) is 86.3 cm³/mol. The van der Waals surface area contributed by atoms with Crippen molar-refractivity contribution in [2.24, 2.45) is 7.05 Å². The SMILES string of the molecule is COc1cc(OC)nc(NC(=O)NS(=O)(=O)c2c(OC(=O)O)cnn2C)n1. The van der Waals surface area contributed by atoms with Crippen LogP contribution in [0.3, 0.4) is 0 Å². The smallest absolute Gasteiger partial charge is 0.481 e. The van der Waals surface area contributed by atoms with Crippen LogP contribution in [0.1, 0.15) is 0 Å². The van der Waals surface area contributed by atoms with E-state index in [9.17, 15) is 18.0 Å². The van der Waals surface area contributed by atoms with Gasteiger partial charge in [-0.25, -0.2) is 14.3 Å². The predicted octanol–water partition coefficient (Wildman–Crippen LogP) is -0.206. The van der Waals surface area contributed by atoms with Crippen molar-refractivity contribution in [1.82, 2.24) is 24.5 Å². The summed E-state index contributed by atoms with van der Waals surface area (Å²) in [4.78, 5) is 30.3. The molecule has 0 fully saturated rings. The third kappa shape index (κ3) is 4.72. The highest BCUT2D eigenvalue weighted by Crippen LogP contribution is 2.23. The van der Waals surface area contributed by atoms with Gasteiger partial charge in [0.05, 0.1) is 26.5 Å². The van der Waals surface area contributed by atoms with Gasteiger partial charge in [-0.1, -0.05) is 0 Å². The maximum Gasteiger partial charge on any atom is 0.511 e. The first-order chi connectivity index (χ1) is 12.7. The van der Waals surface area contributed by atoms with Crippen molar-refractivity contribution in [3.05, 3.63) is 12.3 Å². The van der Waals surface area contributed by atoms with Gasteiger partial charge in [-0.15, -0.1) is 0 Å². The first kappa shape index (κ1) is 19.7. The largest absolute Gasteiger partial charge is 0.511 e. The number of ether oxygens (including phenoxy) is 3. The second-order valence-corrected chi connectivity index (χ2v) is 6.24. The number of hydrogen-bond acceptors (Lipinski definition) is 10. The highest BCUT2D eigenvalue weighted by molar-refractivity contribution is 7.90. The molecule has 0 aliphatic heterocycles. The molecule has 27 heavy (non-hydrogen) atoms. The van der Waals surface area contributed by atoms with Gasteiger partial charge < -0.3 is 19.3 Å². The number of aromatic nitrogens is 4. The van der Waals surface area contributed by atoms with Crippen LogP contribution in [0.4, 0.5) is 15.5 Å². The van der Waals surface area contributed by atoms with Gasteiger partial charge in [-0.05, 0) is 0 Å². The summed E-state index contributed by atoms with van der Waals surface area (Å²) in [6, 6.07) is 0.109. The van der Waals surface area contributed by atoms with Gasteiger partial charge in [-0.2, -0.15) is 23.5 Å². The van der Waals surface area contributed by atoms with Crippen molar-refractivity contribution in [2.45, 2.75) is 5.03 Å². The maximum atomic E-state index is 12.4. The Bertz CT molecular complexity index is 950. The van der Waals surface area contributed by atoms with E-state index in [1.54, 1.807) is 4.72 Å². The standard InChI is InChI=1S/C12H14N6O8S/c1-18-9(6(5-13-18)26-12(20)21)27(22,23)17-11(19)16-10-14-7(24-2)4-8(15-10)25-3/h4-5H,1-3H3,(H,20,21)(H2,14,15,16,17,19). The molecule has 0 aliphatic rings. The van der Waals surface area contributed by atoms with Crippen LogP contribution in [0.2, 0.25) is 0 Å². The van der Waals surface area contributed by atoms with Crippen LogP contribution < -0.4 is 24.2 Å².